The molecule has 4 nitrogen and oxygen atoms in total. The van der Waals surface area contributed by atoms with E-state index in [4.69, 9.17) is 23.2 Å². The van der Waals surface area contributed by atoms with E-state index in [2.05, 4.69) is 41.4 Å². The number of hydrogen-bond acceptors (Lipinski definition) is 4. The minimum absolute atomic E-state index is 0.289. The third-order valence-electron chi connectivity index (χ3n) is 4.07. The Morgan fingerprint density at radius 3 is 2.37 bits per heavy atom. The van der Waals surface area contributed by atoms with Crippen LogP contribution in [0.15, 0.2) is 47.6 Å². The van der Waals surface area contributed by atoms with Crippen molar-refractivity contribution in [1.82, 2.24) is 14.8 Å². The zero-order valence-electron chi connectivity index (χ0n) is 15.0. The molecule has 1 atom stereocenters. The number of halogens is 2. The van der Waals surface area contributed by atoms with E-state index in [0.29, 0.717) is 27.2 Å². The smallest absolute Gasteiger partial charge is 0.191 e. The lowest BCUT2D eigenvalue weighted by atomic mass is 10.2. The minimum atomic E-state index is -1.18. The lowest BCUT2D eigenvalue weighted by Crippen LogP contribution is -2.06. The third-order valence-corrected chi connectivity index (χ3v) is 7.06. The summed E-state index contributed by atoms with van der Waals surface area (Å²) >= 11 is 13.9. The average Bonchev–Trinajstić information content (AvgIpc) is 2.98. The molecular weight excluding hydrogens is 421 g/mol. The van der Waals surface area contributed by atoms with Crippen LogP contribution >= 0.6 is 35.0 Å². The molecule has 0 aliphatic heterocycles. The average molecular weight is 440 g/mol. The summed E-state index contributed by atoms with van der Waals surface area (Å²) in [6.45, 7) is 2.07. The number of hydrogen-bond donors (Lipinski definition) is 0. The predicted octanol–water partition coefficient (Wildman–Crippen LogP) is 5.17. The van der Waals surface area contributed by atoms with Crippen molar-refractivity contribution in [3.63, 3.8) is 0 Å². The number of benzene rings is 2. The van der Waals surface area contributed by atoms with Crippen molar-refractivity contribution in [2.45, 2.75) is 29.3 Å². The van der Waals surface area contributed by atoms with Gasteiger partial charge in [-0.2, -0.15) is 0 Å². The molecule has 0 amide bonds. The molecule has 3 aromatic rings. The second-order valence-electron chi connectivity index (χ2n) is 6.16. The molecule has 142 valence electrons. The normalized spacial score (nSPS) is 12.3. The van der Waals surface area contributed by atoms with Gasteiger partial charge in [-0.05, 0) is 24.6 Å². The fourth-order valence-electron chi connectivity index (χ4n) is 2.45. The molecule has 27 heavy (non-hydrogen) atoms. The van der Waals surface area contributed by atoms with Gasteiger partial charge in [0.1, 0.15) is 5.82 Å². The van der Waals surface area contributed by atoms with Crippen LogP contribution in [-0.2, 0) is 35.1 Å². The Hall–Kier alpha value is -1.34. The first kappa shape index (κ1) is 20.4. The molecule has 0 radical (unpaired) electrons. The summed E-state index contributed by atoms with van der Waals surface area (Å²) in [4.78, 5) is 0. The maximum atomic E-state index is 12.6. The number of aryl methyl sites for hydroxylation is 1. The number of aromatic nitrogens is 3. The molecule has 0 spiro atoms. The highest BCUT2D eigenvalue weighted by molar-refractivity contribution is 7.98. The highest BCUT2D eigenvalue weighted by Crippen LogP contribution is 2.26. The van der Waals surface area contributed by atoms with Crippen molar-refractivity contribution in [3.05, 3.63) is 75.0 Å². The van der Waals surface area contributed by atoms with Crippen LogP contribution in [0.5, 0.6) is 0 Å². The highest BCUT2D eigenvalue weighted by Gasteiger charge is 2.15. The van der Waals surface area contributed by atoms with Crippen molar-refractivity contribution in [2.75, 3.05) is 0 Å². The van der Waals surface area contributed by atoms with Crippen molar-refractivity contribution in [3.8, 4) is 0 Å². The molecular formula is C19H19Cl2N3OS2. The number of rotatable bonds is 7. The van der Waals surface area contributed by atoms with Gasteiger partial charge in [0, 0.05) is 39.2 Å². The lowest BCUT2D eigenvalue weighted by molar-refractivity contribution is 0.677. The summed E-state index contributed by atoms with van der Waals surface area (Å²) in [5.74, 6) is 2.08. The molecule has 0 aliphatic carbocycles. The SMILES string of the molecule is Cc1ccc(CSc2nnc(CS(=O)Cc3c(Cl)cccc3Cl)n2C)cc1. The number of thioether (sulfide) groups is 1. The third kappa shape index (κ3) is 5.35. The van der Waals surface area contributed by atoms with Gasteiger partial charge in [0.2, 0.25) is 0 Å². The quantitative estimate of drug-likeness (QED) is 0.476. The summed E-state index contributed by atoms with van der Waals surface area (Å²) in [5, 5.41) is 10.3. The van der Waals surface area contributed by atoms with Crippen molar-refractivity contribution in [2.24, 2.45) is 7.05 Å². The first-order chi connectivity index (χ1) is 12.9. The molecule has 0 N–H and O–H groups in total. The molecule has 1 unspecified atom stereocenters. The van der Waals surface area contributed by atoms with Gasteiger partial charge in [-0.1, -0.05) is 70.9 Å². The fourth-order valence-corrected chi connectivity index (χ4v) is 5.30. The van der Waals surface area contributed by atoms with Gasteiger partial charge in [-0.15, -0.1) is 10.2 Å². The van der Waals surface area contributed by atoms with E-state index >= 15 is 0 Å². The van der Waals surface area contributed by atoms with Crippen LogP contribution in [0.1, 0.15) is 22.5 Å². The van der Waals surface area contributed by atoms with Gasteiger partial charge in [-0.3, -0.25) is 4.21 Å². The summed E-state index contributed by atoms with van der Waals surface area (Å²) in [5.41, 5.74) is 3.17. The van der Waals surface area contributed by atoms with Crippen molar-refractivity contribution >= 4 is 45.8 Å². The standard InChI is InChI=1S/C19H19Cl2N3OS2/c1-13-6-8-14(9-7-13)10-26-19-23-22-18(24(19)2)12-27(25)11-15-16(20)4-3-5-17(15)21/h3-9H,10-12H2,1-2H3. The van der Waals surface area contributed by atoms with Crippen LogP contribution in [0, 0.1) is 6.92 Å². The van der Waals surface area contributed by atoms with Gasteiger partial charge in [0.25, 0.3) is 0 Å². The van der Waals surface area contributed by atoms with Gasteiger partial charge in [-0.25, -0.2) is 0 Å². The van der Waals surface area contributed by atoms with E-state index < -0.39 is 10.8 Å². The van der Waals surface area contributed by atoms with E-state index in [1.165, 1.54) is 11.1 Å². The Bertz CT molecular complexity index is 938. The minimum Gasteiger partial charge on any atom is -0.308 e. The first-order valence-electron chi connectivity index (χ1n) is 8.28. The highest BCUT2D eigenvalue weighted by atomic mass is 35.5. The molecule has 8 heteroatoms. The molecule has 0 saturated heterocycles. The molecule has 3 rings (SSSR count). The van der Waals surface area contributed by atoms with Crippen molar-refractivity contribution < 1.29 is 4.21 Å². The van der Waals surface area contributed by atoms with E-state index in [1.54, 1.807) is 30.0 Å². The monoisotopic (exact) mass is 439 g/mol. The molecule has 1 heterocycles. The Morgan fingerprint density at radius 2 is 1.70 bits per heavy atom. The summed E-state index contributed by atoms with van der Waals surface area (Å²) < 4.78 is 14.5. The van der Waals surface area contributed by atoms with E-state index in [1.807, 2.05) is 11.6 Å². The maximum absolute atomic E-state index is 12.6. The Morgan fingerprint density at radius 1 is 1.04 bits per heavy atom. The molecule has 0 fully saturated rings. The fraction of sp³-hybridized carbons (Fsp3) is 0.263. The van der Waals surface area contributed by atoms with Crippen LogP contribution in [0.4, 0.5) is 0 Å². The zero-order valence-corrected chi connectivity index (χ0v) is 18.1. The van der Waals surface area contributed by atoms with Crippen LogP contribution in [-0.4, -0.2) is 19.0 Å². The molecule has 0 saturated carbocycles. The van der Waals surface area contributed by atoms with Gasteiger partial charge < -0.3 is 4.57 Å². The van der Waals surface area contributed by atoms with Gasteiger partial charge in [0.15, 0.2) is 5.16 Å². The van der Waals surface area contributed by atoms with Crippen LogP contribution < -0.4 is 0 Å². The zero-order chi connectivity index (χ0) is 19.4. The van der Waals surface area contributed by atoms with Gasteiger partial charge >= 0.3 is 0 Å². The van der Waals surface area contributed by atoms with Crippen molar-refractivity contribution in [1.29, 1.82) is 0 Å². The summed E-state index contributed by atoms with van der Waals surface area (Å²) in [7, 11) is 0.712. The van der Waals surface area contributed by atoms with Crippen LogP contribution in [0.25, 0.3) is 0 Å². The second-order valence-corrected chi connectivity index (χ2v) is 9.37. The Balaban J connectivity index is 1.63. The Kier molecular flexibility index (Phi) is 6.98. The molecule has 0 bridgehead atoms. The first-order valence-corrected chi connectivity index (χ1v) is 11.5. The topological polar surface area (TPSA) is 47.8 Å². The lowest BCUT2D eigenvalue weighted by Gasteiger charge is -2.07. The largest absolute Gasteiger partial charge is 0.308 e. The summed E-state index contributed by atoms with van der Waals surface area (Å²) in [6.07, 6.45) is 0. The molecule has 2 aromatic carbocycles. The Labute approximate surface area is 175 Å². The number of nitrogens with zero attached hydrogens (tertiary/aromatic N) is 3. The molecule has 0 aliphatic rings. The summed E-state index contributed by atoms with van der Waals surface area (Å²) in [6, 6.07) is 13.7. The van der Waals surface area contributed by atoms with E-state index in [0.717, 1.165) is 10.9 Å². The molecule has 1 aromatic heterocycles. The maximum Gasteiger partial charge on any atom is 0.191 e. The van der Waals surface area contributed by atoms with Crippen LogP contribution in [0.2, 0.25) is 10.0 Å². The van der Waals surface area contributed by atoms with E-state index in [9.17, 15) is 4.21 Å². The van der Waals surface area contributed by atoms with E-state index in [-0.39, 0.29) is 5.75 Å². The van der Waals surface area contributed by atoms with Crippen LogP contribution in [0.3, 0.4) is 0 Å². The van der Waals surface area contributed by atoms with Gasteiger partial charge in [0.05, 0.1) is 11.5 Å². The predicted molar refractivity (Wildman–Crippen MR) is 114 cm³/mol. The second kappa shape index (κ2) is 9.24.